The second-order valence-electron chi connectivity index (χ2n) is 10.1. The minimum atomic E-state index is -0.890. The van der Waals surface area contributed by atoms with Gasteiger partial charge < -0.3 is 28.7 Å². The van der Waals surface area contributed by atoms with Crippen LogP contribution in [0.5, 0.6) is 23.0 Å². The molecule has 1 aliphatic heterocycles. The van der Waals surface area contributed by atoms with E-state index in [2.05, 4.69) is 31.0 Å². The smallest absolute Gasteiger partial charge is 0.258 e. The molecule has 3 aromatic carbocycles. The number of ether oxygens (including phenoxy) is 4. The second-order valence-corrected chi connectivity index (χ2v) is 12.6. The van der Waals surface area contributed by atoms with E-state index in [1.807, 2.05) is 61.8 Å². The van der Waals surface area contributed by atoms with Crippen molar-refractivity contribution in [2.24, 2.45) is 0 Å². The van der Waals surface area contributed by atoms with Gasteiger partial charge in [0.05, 0.1) is 33.6 Å². The maximum Gasteiger partial charge on any atom is 0.258 e. The number of carbonyl (C=O) groups is 1. The van der Waals surface area contributed by atoms with Crippen LogP contribution in [0.25, 0.3) is 0 Å². The Hall–Kier alpha value is -2.72. The van der Waals surface area contributed by atoms with Gasteiger partial charge >= 0.3 is 0 Å². The summed E-state index contributed by atoms with van der Waals surface area (Å²) in [5, 5.41) is 0. The number of anilines is 1. The Balaban J connectivity index is 0.00000484. The van der Waals surface area contributed by atoms with Crippen molar-refractivity contribution in [3.63, 3.8) is 0 Å². The third-order valence-corrected chi connectivity index (χ3v) is 10.4. The number of carbonyl (C=O) groups excluding carboxylic acids is 1. The first-order valence-corrected chi connectivity index (χ1v) is 15.6. The molecule has 3 aromatic rings. The van der Waals surface area contributed by atoms with E-state index in [1.165, 1.54) is 17.3 Å². The van der Waals surface area contributed by atoms with E-state index < -0.39 is 4.08 Å². The molecule has 0 aromatic heterocycles. The summed E-state index contributed by atoms with van der Waals surface area (Å²) >= 11 is 3.09. The number of hydrogen-bond acceptors (Lipinski definition) is 8. The molecule has 2 unspecified atom stereocenters. The van der Waals surface area contributed by atoms with Gasteiger partial charge in [-0.15, -0.1) is 24.2 Å². The molecule has 0 N–H and O–H groups in total. The Labute approximate surface area is 264 Å². The summed E-state index contributed by atoms with van der Waals surface area (Å²) < 4.78 is 21.9. The minimum absolute atomic E-state index is 0. The number of hydrogen-bond donors (Lipinski definition) is 0. The van der Waals surface area contributed by atoms with Gasteiger partial charge in [-0.3, -0.25) is 4.79 Å². The highest BCUT2D eigenvalue weighted by atomic mass is 35.5. The molecule has 0 saturated carbocycles. The fourth-order valence-corrected chi connectivity index (χ4v) is 7.67. The molecule has 1 aliphatic rings. The number of benzene rings is 3. The molecule has 1 amide bonds. The highest BCUT2D eigenvalue weighted by Gasteiger charge is 2.49. The van der Waals surface area contributed by atoms with E-state index in [4.69, 9.17) is 18.9 Å². The number of amides is 1. The van der Waals surface area contributed by atoms with Crippen molar-refractivity contribution in [3.8, 4) is 23.0 Å². The molecule has 1 heterocycles. The van der Waals surface area contributed by atoms with Crippen LogP contribution in [-0.2, 0) is 8.87 Å². The number of nitrogens with zero attached hydrogens (tertiary/aromatic N) is 2. The maximum atomic E-state index is 13.9. The minimum Gasteiger partial charge on any atom is -0.497 e. The van der Waals surface area contributed by atoms with Crippen LogP contribution in [0.2, 0.25) is 0 Å². The predicted octanol–water partition coefficient (Wildman–Crippen LogP) is 6.92. The Morgan fingerprint density at radius 2 is 1.69 bits per heavy atom. The summed E-state index contributed by atoms with van der Waals surface area (Å²) in [6.07, 6.45) is 2.82. The summed E-state index contributed by atoms with van der Waals surface area (Å²) in [6, 6.07) is 19.9. The first kappa shape index (κ1) is 33.8. The lowest BCUT2D eigenvalue weighted by atomic mass is 10.00. The van der Waals surface area contributed by atoms with E-state index in [0.717, 1.165) is 47.2 Å². The first-order valence-electron chi connectivity index (χ1n) is 13.6. The highest BCUT2D eigenvalue weighted by molar-refractivity contribution is 8.18. The zero-order chi connectivity index (χ0) is 29.6. The van der Waals surface area contributed by atoms with Crippen molar-refractivity contribution in [2.75, 3.05) is 66.3 Å². The molecule has 2 atom stereocenters. The molecule has 42 heavy (non-hydrogen) atoms. The Morgan fingerprint density at radius 1 is 0.976 bits per heavy atom. The van der Waals surface area contributed by atoms with Gasteiger partial charge in [-0.1, -0.05) is 36.9 Å². The van der Waals surface area contributed by atoms with Crippen molar-refractivity contribution in [3.05, 3.63) is 71.8 Å². The Morgan fingerprint density at radius 3 is 2.38 bits per heavy atom. The lowest BCUT2D eigenvalue weighted by Gasteiger charge is -2.40. The molecule has 0 aliphatic carbocycles. The van der Waals surface area contributed by atoms with Crippen LogP contribution in [0.1, 0.15) is 30.4 Å². The van der Waals surface area contributed by atoms with Crippen LogP contribution >= 0.6 is 35.9 Å². The quantitative estimate of drug-likeness (QED) is 0.188. The number of para-hydroxylation sites is 1. The number of halogens is 1. The molecule has 0 radical (unpaired) electrons. The van der Waals surface area contributed by atoms with E-state index in [-0.39, 0.29) is 18.3 Å². The van der Waals surface area contributed by atoms with Crippen molar-refractivity contribution in [1.29, 1.82) is 0 Å². The monoisotopic (exact) mass is 632 g/mol. The number of thioether (sulfide) groups is 2. The molecule has 4 rings (SSSR count). The van der Waals surface area contributed by atoms with Gasteiger partial charge in [0.15, 0.2) is 15.6 Å². The summed E-state index contributed by atoms with van der Waals surface area (Å²) in [7, 11) is 8.92. The van der Waals surface area contributed by atoms with Gasteiger partial charge in [-0.2, -0.15) is 0 Å². The van der Waals surface area contributed by atoms with Crippen LogP contribution in [0.3, 0.4) is 0 Å². The van der Waals surface area contributed by atoms with Crippen LogP contribution in [0.15, 0.2) is 65.6 Å². The van der Waals surface area contributed by atoms with Gasteiger partial charge in [-0.25, -0.2) is 0 Å². The maximum absolute atomic E-state index is 13.9. The summed E-state index contributed by atoms with van der Waals surface area (Å²) in [4.78, 5) is 19.0. The van der Waals surface area contributed by atoms with Gasteiger partial charge in [0.1, 0.15) is 11.5 Å². The number of rotatable bonds is 13. The van der Waals surface area contributed by atoms with Crippen molar-refractivity contribution in [1.82, 2.24) is 4.90 Å². The molecule has 228 valence electrons. The van der Waals surface area contributed by atoms with Crippen LogP contribution < -0.4 is 23.8 Å². The molecule has 0 spiro atoms. The molecule has 0 bridgehead atoms. The average Bonchev–Trinajstić information content (AvgIpc) is 3.00. The molecule has 0 saturated heterocycles. The normalized spacial score (nSPS) is 16.9. The zero-order valence-corrected chi connectivity index (χ0v) is 27.8. The average molecular weight is 633 g/mol. The van der Waals surface area contributed by atoms with Crippen LogP contribution in [0, 0.1) is 0 Å². The molecular formula is C32H41ClN2O5S2. The lowest BCUT2D eigenvalue weighted by Crippen LogP contribution is -2.44. The van der Waals surface area contributed by atoms with Gasteiger partial charge in [0.25, 0.3) is 5.91 Å². The second kappa shape index (κ2) is 15.1. The molecule has 7 nitrogen and oxygen atoms in total. The molecule has 10 heteroatoms. The third-order valence-electron chi connectivity index (χ3n) is 7.40. The summed E-state index contributed by atoms with van der Waals surface area (Å²) in [5.74, 6) is 3.21. The van der Waals surface area contributed by atoms with E-state index in [0.29, 0.717) is 24.0 Å². The third kappa shape index (κ3) is 7.08. The van der Waals surface area contributed by atoms with Gasteiger partial charge in [-0.05, 0) is 73.7 Å². The van der Waals surface area contributed by atoms with E-state index in [9.17, 15) is 4.79 Å². The fourth-order valence-electron chi connectivity index (χ4n) is 5.12. The van der Waals surface area contributed by atoms with Crippen molar-refractivity contribution < 1.29 is 23.7 Å². The SMILES string of the molecule is COc1ccc(OCCCN(C)CC(C)c2ccc(OC)c(OC)c2)c(C2(SC)Sc3ccccc3N(C)C2=O)c1.Cl. The zero-order valence-electron chi connectivity index (χ0n) is 25.3. The van der Waals surface area contributed by atoms with Crippen molar-refractivity contribution in [2.45, 2.75) is 28.2 Å². The van der Waals surface area contributed by atoms with Gasteiger partial charge in [0.2, 0.25) is 0 Å². The summed E-state index contributed by atoms with van der Waals surface area (Å²) in [5.41, 5.74) is 2.94. The summed E-state index contributed by atoms with van der Waals surface area (Å²) in [6.45, 7) is 4.52. The van der Waals surface area contributed by atoms with Crippen LogP contribution in [-0.4, -0.2) is 72.2 Å². The number of fused-ring (bicyclic) bond motifs is 1. The molecular weight excluding hydrogens is 592 g/mol. The number of likely N-dealkylation sites (N-methyl/N-ethyl adjacent to an activating group) is 2. The Kier molecular flexibility index (Phi) is 12.2. The topological polar surface area (TPSA) is 60.5 Å². The van der Waals surface area contributed by atoms with Gasteiger partial charge in [0, 0.05) is 30.6 Å². The molecule has 0 fully saturated rings. The number of methoxy groups -OCH3 is 3. The lowest BCUT2D eigenvalue weighted by molar-refractivity contribution is -0.118. The fraction of sp³-hybridized carbons (Fsp3) is 0.406. The first-order chi connectivity index (χ1) is 19.8. The standard InChI is InChI=1S/C32H40N2O5S2.ClH/c1-22(23-13-15-28(37-5)29(19-23)38-6)21-33(2)17-10-18-39-27-16-14-24(36-4)20-25(27)32(40-7)31(35)34(3)26-11-8-9-12-30(26)41-32;/h8-9,11-16,19-20,22H,10,17-18,21H2,1-7H3;1H. The van der Waals surface area contributed by atoms with E-state index >= 15 is 0 Å². The van der Waals surface area contributed by atoms with Crippen molar-refractivity contribution >= 4 is 47.5 Å². The Bertz CT molecular complexity index is 1360. The highest BCUT2D eigenvalue weighted by Crippen LogP contribution is 2.58. The van der Waals surface area contributed by atoms with Crippen LogP contribution in [0.4, 0.5) is 5.69 Å². The predicted molar refractivity (Wildman–Crippen MR) is 177 cm³/mol. The largest absolute Gasteiger partial charge is 0.497 e. The van der Waals surface area contributed by atoms with E-state index in [1.54, 1.807) is 38.0 Å².